The van der Waals surface area contributed by atoms with Gasteiger partial charge >= 0.3 is 5.97 Å². The van der Waals surface area contributed by atoms with E-state index in [0.29, 0.717) is 41.0 Å². The highest BCUT2D eigenvalue weighted by Crippen LogP contribution is 2.37. The predicted molar refractivity (Wildman–Crippen MR) is 115 cm³/mol. The summed E-state index contributed by atoms with van der Waals surface area (Å²) < 4.78 is 11.4. The molecule has 0 unspecified atom stereocenters. The third kappa shape index (κ3) is 4.66. The van der Waals surface area contributed by atoms with Crippen molar-refractivity contribution < 1.29 is 24.2 Å². The van der Waals surface area contributed by atoms with Crippen molar-refractivity contribution in [3.05, 3.63) is 78.1 Å². The zero-order valence-corrected chi connectivity index (χ0v) is 17.0. The highest BCUT2D eigenvalue weighted by Gasteiger charge is 2.25. The molecule has 1 amide bonds. The second-order valence-electron chi connectivity index (χ2n) is 7.32. The van der Waals surface area contributed by atoms with Crippen molar-refractivity contribution in [2.45, 2.75) is 12.8 Å². The lowest BCUT2D eigenvalue weighted by Gasteiger charge is -2.24. The number of anilines is 2. The number of nitrogens with zero attached hydrogens (tertiary/aromatic N) is 2. The minimum atomic E-state index is -1.03. The summed E-state index contributed by atoms with van der Waals surface area (Å²) in [5.74, 6) is 0.369. The number of ether oxygens (including phenoxy) is 2. The van der Waals surface area contributed by atoms with Crippen LogP contribution in [-0.4, -0.2) is 35.7 Å². The summed E-state index contributed by atoms with van der Waals surface area (Å²) >= 11 is 0. The van der Waals surface area contributed by atoms with Gasteiger partial charge in [-0.15, -0.1) is 0 Å². The Bertz CT molecular complexity index is 1080. The van der Waals surface area contributed by atoms with E-state index in [1.165, 1.54) is 23.2 Å². The quantitative estimate of drug-likeness (QED) is 0.577. The van der Waals surface area contributed by atoms with Crippen molar-refractivity contribution in [2.24, 2.45) is 5.92 Å². The Morgan fingerprint density at radius 1 is 1.03 bits per heavy atom. The van der Waals surface area contributed by atoms with Crippen LogP contribution < -0.4 is 14.4 Å². The Hall–Kier alpha value is -3.87. The molecular formula is C24H22N2O5. The number of aromatic carboxylic acids is 1. The van der Waals surface area contributed by atoms with Gasteiger partial charge in [-0.05, 0) is 67.3 Å². The largest absolute Gasteiger partial charge is 0.493 e. The zero-order chi connectivity index (χ0) is 21.8. The molecule has 1 saturated carbocycles. The van der Waals surface area contributed by atoms with Gasteiger partial charge in [-0.3, -0.25) is 14.7 Å². The fourth-order valence-corrected chi connectivity index (χ4v) is 3.16. The lowest BCUT2D eigenvalue weighted by molar-refractivity contribution is 0.0696. The van der Waals surface area contributed by atoms with Gasteiger partial charge in [0.1, 0.15) is 0 Å². The third-order valence-corrected chi connectivity index (χ3v) is 5.06. The third-order valence-electron chi connectivity index (χ3n) is 5.06. The smallest absolute Gasteiger partial charge is 0.335 e. The molecule has 4 rings (SSSR count). The van der Waals surface area contributed by atoms with E-state index in [2.05, 4.69) is 4.98 Å². The van der Waals surface area contributed by atoms with Crippen molar-refractivity contribution >= 4 is 23.3 Å². The van der Waals surface area contributed by atoms with Crippen molar-refractivity contribution in [1.82, 2.24) is 4.98 Å². The number of carbonyl (C=O) groups excluding carboxylic acids is 1. The number of benzene rings is 2. The van der Waals surface area contributed by atoms with Gasteiger partial charge in [0.05, 0.1) is 30.5 Å². The Labute approximate surface area is 179 Å². The van der Waals surface area contributed by atoms with E-state index in [-0.39, 0.29) is 11.5 Å². The van der Waals surface area contributed by atoms with Crippen LogP contribution in [0.2, 0.25) is 0 Å². The van der Waals surface area contributed by atoms with Crippen LogP contribution in [-0.2, 0) is 0 Å². The first-order valence-electron chi connectivity index (χ1n) is 9.95. The van der Waals surface area contributed by atoms with E-state index in [1.807, 2.05) is 0 Å². The Balaban J connectivity index is 1.75. The maximum Gasteiger partial charge on any atom is 0.335 e. The summed E-state index contributed by atoms with van der Waals surface area (Å²) in [6, 6.07) is 14.8. The molecule has 1 aliphatic rings. The molecule has 1 N–H and O–H groups in total. The second kappa shape index (κ2) is 8.87. The normalized spacial score (nSPS) is 12.8. The van der Waals surface area contributed by atoms with Crippen molar-refractivity contribution in [3.63, 3.8) is 0 Å². The Morgan fingerprint density at radius 2 is 1.77 bits per heavy atom. The number of hydrogen-bond donors (Lipinski definition) is 1. The Morgan fingerprint density at radius 3 is 2.39 bits per heavy atom. The molecule has 1 heterocycles. The minimum Gasteiger partial charge on any atom is -0.493 e. The number of hydrogen-bond acceptors (Lipinski definition) is 5. The molecule has 0 aliphatic heterocycles. The molecule has 1 aliphatic carbocycles. The summed E-state index contributed by atoms with van der Waals surface area (Å²) in [5, 5.41) is 9.20. The average Bonchev–Trinajstić information content (AvgIpc) is 3.63. The standard InChI is InChI=1S/C24H22N2O5/c1-30-21-11-10-20(13-22(21)31-15-16-4-5-16)26(23(27)18-3-2-12-25-14-18)19-8-6-17(7-9-19)24(28)29/h2-3,6-14,16H,4-5,15H2,1H3,(H,28,29). The minimum absolute atomic E-state index is 0.140. The van der Waals surface area contributed by atoms with Gasteiger partial charge in [0, 0.05) is 24.1 Å². The maximum absolute atomic E-state index is 13.4. The molecule has 3 aromatic rings. The van der Waals surface area contributed by atoms with Crippen LogP contribution >= 0.6 is 0 Å². The van der Waals surface area contributed by atoms with E-state index in [1.54, 1.807) is 55.8 Å². The Kier molecular flexibility index (Phi) is 5.84. The summed E-state index contributed by atoms with van der Waals surface area (Å²) in [5.41, 5.74) is 1.64. The van der Waals surface area contributed by atoms with Crippen LogP contribution in [0, 0.1) is 5.92 Å². The van der Waals surface area contributed by atoms with E-state index in [4.69, 9.17) is 9.47 Å². The zero-order valence-electron chi connectivity index (χ0n) is 17.0. The van der Waals surface area contributed by atoms with Crippen molar-refractivity contribution in [1.29, 1.82) is 0 Å². The molecule has 0 radical (unpaired) electrons. The summed E-state index contributed by atoms with van der Waals surface area (Å²) in [7, 11) is 1.57. The molecule has 1 aromatic heterocycles. The number of pyridine rings is 1. The molecule has 1 fully saturated rings. The van der Waals surface area contributed by atoms with E-state index in [0.717, 1.165) is 12.8 Å². The monoisotopic (exact) mass is 418 g/mol. The van der Waals surface area contributed by atoms with Crippen LogP contribution in [0.3, 0.4) is 0 Å². The number of carboxylic acids is 1. The molecule has 7 heteroatoms. The number of aromatic nitrogens is 1. The molecule has 31 heavy (non-hydrogen) atoms. The van der Waals surface area contributed by atoms with Crippen molar-refractivity contribution in [2.75, 3.05) is 18.6 Å². The number of amides is 1. The van der Waals surface area contributed by atoms with Crippen LogP contribution in [0.1, 0.15) is 33.6 Å². The number of carboxylic acid groups (broad SMARTS) is 1. The molecule has 0 spiro atoms. The van der Waals surface area contributed by atoms with Gasteiger partial charge < -0.3 is 14.6 Å². The second-order valence-corrected chi connectivity index (χ2v) is 7.32. The molecule has 158 valence electrons. The predicted octanol–water partition coefficient (Wildman–Crippen LogP) is 4.56. The van der Waals surface area contributed by atoms with Gasteiger partial charge in [0.15, 0.2) is 11.5 Å². The first-order valence-corrected chi connectivity index (χ1v) is 9.95. The van der Waals surface area contributed by atoms with Crippen LogP contribution in [0.5, 0.6) is 11.5 Å². The molecule has 0 saturated heterocycles. The first kappa shape index (κ1) is 20.4. The summed E-state index contributed by atoms with van der Waals surface area (Å²) in [6.07, 6.45) is 5.40. The highest BCUT2D eigenvalue weighted by atomic mass is 16.5. The van der Waals surface area contributed by atoms with Gasteiger partial charge in [-0.1, -0.05) is 0 Å². The molecule has 2 aromatic carbocycles. The van der Waals surface area contributed by atoms with E-state index in [9.17, 15) is 14.7 Å². The SMILES string of the molecule is COc1ccc(N(C(=O)c2cccnc2)c2ccc(C(=O)O)cc2)cc1OCC1CC1. The van der Waals surface area contributed by atoms with E-state index < -0.39 is 5.97 Å². The first-order chi connectivity index (χ1) is 15.1. The lowest BCUT2D eigenvalue weighted by Crippen LogP contribution is -2.26. The van der Waals surface area contributed by atoms with Crippen molar-refractivity contribution in [3.8, 4) is 11.5 Å². The van der Waals surface area contributed by atoms with E-state index >= 15 is 0 Å². The van der Waals surface area contributed by atoms with Crippen LogP contribution in [0.4, 0.5) is 11.4 Å². The molecule has 0 bridgehead atoms. The number of rotatable bonds is 8. The fourth-order valence-electron chi connectivity index (χ4n) is 3.16. The molecule has 0 atom stereocenters. The molecular weight excluding hydrogens is 396 g/mol. The lowest BCUT2D eigenvalue weighted by atomic mass is 10.1. The number of methoxy groups -OCH3 is 1. The van der Waals surface area contributed by atoms with Gasteiger partial charge in [-0.25, -0.2) is 4.79 Å². The average molecular weight is 418 g/mol. The fraction of sp³-hybridized carbons (Fsp3) is 0.208. The number of carbonyl (C=O) groups is 2. The molecule has 7 nitrogen and oxygen atoms in total. The van der Waals surface area contributed by atoms with Crippen LogP contribution in [0.15, 0.2) is 67.0 Å². The van der Waals surface area contributed by atoms with Crippen LogP contribution in [0.25, 0.3) is 0 Å². The highest BCUT2D eigenvalue weighted by molar-refractivity contribution is 6.11. The topological polar surface area (TPSA) is 89.0 Å². The van der Waals surface area contributed by atoms with Gasteiger partial charge in [0.2, 0.25) is 0 Å². The van der Waals surface area contributed by atoms with Gasteiger partial charge in [0.25, 0.3) is 5.91 Å². The summed E-state index contributed by atoms with van der Waals surface area (Å²) in [6.45, 7) is 0.601. The summed E-state index contributed by atoms with van der Waals surface area (Å²) in [4.78, 5) is 30.2. The maximum atomic E-state index is 13.4. The van der Waals surface area contributed by atoms with Gasteiger partial charge in [-0.2, -0.15) is 0 Å².